The number of carboxylic acid groups (broad SMARTS) is 1. The van der Waals surface area contributed by atoms with Gasteiger partial charge < -0.3 is 15.6 Å². The normalized spacial score (nSPS) is 12.3. The summed E-state index contributed by atoms with van der Waals surface area (Å²) in [7, 11) is 1.53. The van der Waals surface area contributed by atoms with E-state index in [1.807, 2.05) is 30.3 Å². The second kappa shape index (κ2) is 5.06. The molecule has 0 saturated carbocycles. The second-order valence-electron chi connectivity index (χ2n) is 4.03. The van der Waals surface area contributed by atoms with Gasteiger partial charge in [0.25, 0.3) is 0 Å². The van der Waals surface area contributed by atoms with Crippen molar-refractivity contribution in [3.8, 4) is 5.75 Å². The highest BCUT2D eigenvalue weighted by Crippen LogP contribution is 2.33. The molecule has 2 rings (SSSR count). The molecule has 0 aliphatic rings. The van der Waals surface area contributed by atoms with Crippen LogP contribution in [-0.4, -0.2) is 24.7 Å². The molecule has 0 aliphatic heterocycles. The van der Waals surface area contributed by atoms with Gasteiger partial charge in [-0.05, 0) is 16.8 Å². The molecule has 2 aromatic carbocycles. The van der Waals surface area contributed by atoms with Crippen molar-refractivity contribution in [1.82, 2.24) is 0 Å². The highest BCUT2D eigenvalue weighted by molar-refractivity contribution is 5.93. The van der Waals surface area contributed by atoms with Crippen LogP contribution in [0.25, 0.3) is 10.8 Å². The van der Waals surface area contributed by atoms with Gasteiger partial charge in [0, 0.05) is 12.1 Å². The van der Waals surface area contributed by atoms with E-state index < -0.39 is 11.9 Å². The van der Waals surface area contributed by atoms with E-state index in [0.29, 0.717) is 11.3 Å². The number of fused-ring (bicyclic) bond motifs is 1. The highest BCUT2D eigenvalue weighted by atomic mass is 16.5. The molecule has 94 valence electrons. The minimum atomic E-state index is -0.938. The Morgan fingerprint density at radius 2 is 2.06 bits per heavy atom. The van der Waals surface area contributed by atoms with E-state index in [2.05, 4.69) is 0 Å². The Kier molecular flexibility index (Phi) is 3.48. The van der Waals surface area contributed by atoms with Crippen molar-refractivity contribution in [2.45, 2.75) is 5.92 Å². The summed E-state index contributed by atoms with van der Waals surface area (Å²) in [5.74, 6) is -1.13. The van der Waals surface area contributed by atoms with Gasteiger partial charge in [-0.2, -0.15) is 0 Å². The topological polar surface area (TPSA) is 72.5 Å². The quantitative estimate of drug-likeness (QED) is 0.863. The Bertz CT molecular complexity index is 580. The van der Waals surface area contributed by atoms with Crippen molar-refractivity contribution >= 4 is 16.7 Å². The minimum absolute atomic E-state index is 0.0414. The molecule has 4 heteroatoms. The van der Waals surface area contributed by atoms with Gasteiger partial charge in [-0.15, -0.1) is 0 Å². The molecule has 2 aromatic rings. The molecule has 1 unspecified atom stereocenters. The zero-order valence-corrected chi connectivity index (χ0v) is 10.1. The summed E-state index contributed by atoms with van der Waals surface area (Å²) in [6.45, 7) is 0.0414. The first-order valence-corrected chi connectivity index (χ1v) is 5.67. The Hall–Kier alpha value is -2.07. The van der Waals surface area contributed by atoms with E-state index in [4.69, 9.17) is 10.5 Å². The molecule has 0 aromatic heterocycles. The highest BCUT2D eigenvalue weighted by Gasteiger charge is 2.24. The summed E-state index contributed by atoms with van der Waals surface area (Å²) in [5, 5.41) is 11.1. The number of benzene rings is 2. The molecule has 0 bridgehead atoms. The lowest BCUT2D eigenvalue weighted by atomic mass is 9.92. The van der Waals surface area contributed by atoms with Crippen LogP contribution in [0, 0.1) is 0 Å². The molecule has 18 heavy (non-hydrogen) atoms. The van der Waals surface area contributed by atoms with Crippen LogP contribution in [0.4, 0.5) is 0 Å². The number of carbonyl (C=O) groups is 1. The lowest BCUT2D eigenvalue weighted by Crippen LogP contribution is -2.22. The summed E-state index contributed by atoms with van der Waals surface area (Å²) >= 11 is 0. The third kappa shape index (κ3) is 2.02. The predicted octanol–water partition coefficient (Wildman–Crippen LogP) is 1.98. The Morgan fingerprint density at radius 1 is 1.33 bits per heavy atom. The van der Waals surface area contributed by atoms with Crippen LogP contribution in [0.1, 0.15) is 11.5 Å². The van der Waals surface area contributed by atoms with Crippen LogP contribution in [0.3, 0.4) is 0 Å². The molecule has 3 N–H and O–H groups in total. The van der Waals surface area contributed by atoms with Gasteiger partial charge in [-0.3, -0.25) is 4.79 Å². The third-order valence-electron chi connectivity index (χ3n) is 3.03. The summed E-state index contributed by atoms with van der Waals surface area (Å²) < 4.78 is 5.27. The smallest absolute Gasteiger partial charge is 0.312 e. The lowest BCUT2D eigenvalue weighted by molar-refractivity contribution is -0.138. The number of ether oxygens (including phenoxy) is 1. The first-order chi connectivity index (χ1) is 8.69. The molecule has 0 fully saturated rings. The van der Waals surface area contributed by atoms with E-state index in [-0.39, 0.29) is 6.54 Å². The van der Waals surface area contributed by atoms with Gasteiger partial charge in [0.2, 0.25) is 0 Å². The summed E-state index contributed by atoms with van der Waals surface area (Å²) in [4.78, 5) is 11.3. The van der Waals surface area contributed by atoms with Crippen LogP contribution in [-0.2, 0) is 4.79 Å². The van der Waals surface area contributed by atoms with Crippen LogP contribution < -0.4 is 10.5 Å². The fourth-order valence-electron chi connectivity index (χ4n) is 2.16. The summed E-state index contributed by atoms with van der Waals surface area (Å²) in [6, 6.07) is 11.3. The van der Waals surface area contributed by atoms with Crippen LogP contribution in [0.15, 0.2) is 36.4 Å². The standard InChI is InChI=1S/C14H15NO3/c1-18-12-7-6-9-4-2-3-5-10(9)13(12)11(8-15)14(16)17/h2-7,11H,8,15H2,1H3,(H,16,17). The van der Waals surface area contributed by atoms with Crippen molar-refractivity contribution < 1.29 is 14.6 Å². The lowest BCUT2D eigenvalue weighted by Gasteiger charge is -2.17. The maximum atomic E-state index is 11.3. The van der Waals surface area contributed by atoms with E-state index in [1.165, 1.54) is 7.11 Å². The molecular weight excluding hydrogens is 230 g/mol. The minimum Gasteiger partial charge on any atom is -0.496 e. The van der Waals surface area contributed by atoms with E-state index >= 15 is 0 Å². The molecule has 1 atom stereocenters. The number of rotatable bonds is 4. The molecule has 0 heterocycles. The van der Waals surface area contributed by atoms with Crippen molar-refractivity contribution in [2.24, 2.45) is 5.73 Å². The number of methoxy groups -OCH3 is 1. The molecular formula is C14H15NO3. The molecule has 4 nitrogen and oxygen atoms in total. The monoisotopic (exact) mass is 245 g/mol. The van der Waals surface area contributed by atoms with Gasteiger partial charge in [0.05, 0.1) is 13.0 Å². The average molecular weight is 245 g/mol. The number of carboxylic acids is 1. The largest absolute Gasteiger partial charge is 0.496 e. The van der Waals surface area contributed by atoms with Crippen molar-refractivity contribution in [1.29, 1.82) is 0 Å². The molecule has 0 saturated heterocycles. The summed E-state index contributed by atoms with van der Waals surface area (Å²) in [6.07, 6.45) is 0. The SMILES string of the molecule is COc1ccc2ccccc2c1C(CN)C(=O)O. The fourth-order valence-corrected chi connectivity index (χ4v) is 2.16. The molecule has 0 aliphatic carbocycles. The number of nitrogens with two attached hydrogens (primary N) is 1. The predicted molar refractivity (Wildman–Crippen MR) is 69.9 cm³/mol. The molecule has 0 spiro atoms. The van der Waals surface area contributed by atoms with Crippen LogP contribution >= 0.6 is 0 Å². The second-order valence-corrected chi connectivity index (χ2v) is 4.03. The van der Waals surface area contributed by atoms with Crippen molar-refractivity contribution in [3.05, 3.63) is 42.0 Å². The van der Waals surface area contributed by atoms with Crippen LogP contribution in [0.5, 0.6) is 5.75 Å². The maximum absolute atomic E-state index is 11.3. The van der Waals surface area contributed by atoms with Crippen molar-refractivity contribution in [3.63, 3.8) is 0 Å². The molecule has 0 amide bonds. The third-order valence-corrected chi connectivity index (χ3v) is 3.03. The van der Waals surface area contributed by atoms with Crippen molar-refractivity contribution in [2.75, 3.05) is 13.7 Å². The number of hydrogen-bond acceptors (Lipinski definition) is 3. The fraction of sp³-hybridized carbons (Fsp3) is 0.214. The van der Waals surface area contributed by atoms with E-state index in [1.54, 1.807) is 6.07 Å². The Morgan fingerprint density at radius 3 is 2.67 bits per heavy atom. The average Bonchev–Trinajstić information content (AvgIpc) is 2.39. The Balaban J connectivity index is 2.75. The maximum Gasteiger partial charge on any atom is 0.312 e. The van der Waals surface area contributed by atoms with Gasteiger partial charge in [-0.1, -0.05) is 30.3 Å². The number of hydrogen-bond donors (Lipinski definition) is 2. The summed E-state index contributed by atoms with van der Waals surface area (Å²) in [5.41, 5.74) is 6.23. The zero-order valence-electron chi connectivity index (χ0n) is 10.1. The Labute approximate surface area is 105 Å². The van der Waals surface area contributed by atoms with Gasteiger partial charge >= 0.3 is 5.97 Å². The van der Waals surface area contributed by atoms with Gasteiger partial charge in [0.1, 0.15) is 5.75 Å². The first-order valence-electron chi connectivity index (χ1n) is 5.67. The van der Waals surface area contributed by atoms with E-state index in [9.17, 15) is 9.90 Å². The molecule has 0 radical (unpaired) electrons. The number of aliphatic carboxylic acids is 1. The van der Waals surface area contributed by atoms with E-state index in [0.717, 1.165) is 10.8 Å². The first kappa shape index (κ1) is 12.4. The zero-order chi connectivity index (χ0) is 13.1. The van der Waals surface area contributed by atoms with Gasteiger partial charge in [0.15, 0.2) is 0 Å². The van der Waals surface area contributed by atoms with Crippen LogP contribution in [0.2, 0.25) is 0 Å². The van der Waals surface area contributed by atoms with Gasteiger partial charge in [-0.25, -0.2) is 0 Å².